The third kappa shape index (κ3) is 7.68. The number of nitrogens with zero attached hydrogens (tertiary/aromatic N) is 3. The third-order valence-corrected chi connectivity index (χ3v) is 20.2. The average molecular weight is 1150 g/mol. The predicted octanol–water partition coefficient (Wildman–Crippen LogP) is 18.9. The highest BCUT2D eigenvalue weighted by Crippen LogP contribution is 2.53. The SMILES string of the molecule is Cc1ccc2c(c1)-c1cc(N(c3ccccc3)c3ccccc3)cc3c1B2c1cc2c(C(C)(C)C)cc4c5c(cc6c(C(C)(C)C)cc-3c1c6c25)B1c2ccc(N(c3ccccc3)c3ccccc3)cc2-c2cc(N(c3ccccc3)c3ccccc3)cc-4c21. The second kappa shape index (κ2) is 19.3. The molecule has 0 amide bonds. The van der Waals surface area contributed by atoms with Crippen molar-refractivity contribution in [1.82, 2.24) is 0 Å². The Kier molecular flexibility index (Phi) is 11.3. The molecule has 0 radical (unpaired) electrons. The molecule has 0 bridgehead atoms. The molecular weight excluding hydrogens is 1080 g/mol. The van der Waals surface area contributed by atoms with Crippen LogP contribution >= 0.6 is 0 Å². The van der Waals surface area contributed by atoms with Crippen molar-refractivity contribution in [3.8, 4) is 44.5 Å². The van der Waals surface area contributed by atoms with Crippen LogP contribution in [0.5, 0.6) is 0 Å². The Bertz CT molecular complexity index is 5140. The van der Waals surface area contributed by atoms with Gasteiger partial charge in [-0.2, -0.15) is 0 Å². The number of benzene rings is 14. The molecule has 0 aromatic heterocycles. The molecule has 0 N–H and O–H groups in total. The molecule has 14 aromatic rings. The lowest BCUT2D eigenvalue weighted by atomic mass is 9.34. The van der Waals surface area contributed by atoms with Gasteiger partial charge in [-0.3, -0.25) is 0 Å². The van der Waals surface area contributed by atoms with E-state index in [2.05, 4.69) is 330 Å². The van der Waals surface area contributed by atoms with Crippen LogP contribution < -0.4 is 47.5 Å². The van der Waals surface area contributed by atoms with E-state index in [1.807, 2.05) is 0 Å². The molecule has 4 aliphatic heterocycles. The summed E-state index contributed by atoms with van der Waals surface area (Å²) < 4.78 is 0. The molecule has 90 heavy (non-hydrogen) atoms. The van der Waals surface area contributed by atoms with Crippen LogP contribution in [0.2, 0.25) is 0 Å². The van der Waals surface area contributed by atoms with Crippen molar-refractivity contribution < 1.29 is 0 Å². The number of rotatable bonds is 9. The van der Waals surface area contributed by atoms with Gasteiger partial charge in [0.25, 0.3) is 0 Å². The van der Waals surface area contributed by atoms with Crippen LogP contribution in [0.4, 0.5) is 51.2 Å². The molecule has 0 aliphatic carbocycles. The number of para-hydroxylation sites is 6. The summed E-state index contributed by atoms with van der Waals surface area (Å²) in [6.07, 6.45) is 0. The lowest BCUT2D eigenvalue weighted by molar-refractivity contribution is 0.595. The highest BCUT2D eigenvalue weighted by molar-refractivity contribution is 7.03. The zero-order valence-electron chi connectivity index (χ0n) is 51.9. The number of fused-ring (bicyclic) bond motifs is 10. The monoisotopic (exact) mass is 1150 g/mol. The van der Waals surface area contributed by atoms with Crippen LogP contribution in [0, 0.1) is 6.92 Å². The molecule has 18 rings (SSSR count). The summed E-state index contributed by atoms with van der Waals surface area (Å²) in [5, 5.41) is 8.33. The largest absolute Gasteiger partial charge is 0.310 e. The van der Waals surface area contributed by atoms with E-state index in [0.717, 1.165) is 51.2 Å². The van der Waals surface area contributed by atoms with Gasteiger partial charge in [-0.05, 0) is 227 Å². The average Bonchev–Trinajstić information content (AvgIpc) is 1.20. The maximum absolute atomic E-state index is 2.70. The summed E-state index contributed by atoms with van der Waals surface area (Å²) in [7, 11) is 0. The van der Waals surface area contributed by atoms with E-state index >= 15 is 0 Å². The molecule has 0 spiro atoms. The Morgan fingerprint density at radius 2 is 0.544 bits per heavy atom. The summed E-state index contributed by atoms with van der Waals surface area (Å²) in [6.45, 7) is 17.0. The Morgan fingerprint density at radius 1 is 0.244 bits per heavy atom. The van der Waals surface area contributed by atoms with Crippen LogP contribution in [-0.2, 0) is 10.8 Å². The lowest BCUT2D eigenvalue weighted by Gasteiger charge is -2.36. The fraction of sp³-hybridized carbons (Fsp3) is 0.106. The zero-order valence-corrected chi connectivity index (χ0v) is 51.9. The van der Waals surface area contributed by atoms with Gasteiger partial charge in [0.05, 0.1) is 0 Å². The van der Waals surface area contributed by atoms with E-state index in [1.54, 1.807) is 0 Å². The van der Waals surface area contributed by atoms with E-state index in [9.17, 15) is 0 Å². The van der Waals surface area contributed by atoms with Crippen molar-refractivity contribution in [2.75, 3.05) is 14.7 Å². The summed E-state index contributed by atoms with van der Waals surface area (Å²) >= 11 is 0. The maximum Gasteiger partial charge on any atom is 0.244 e. The molecule has 3 nitrogen and oxygen atoms in total. The fourth-order valence-corrected chi connectivity index (χ4v) is 16.5. The Hall–Kier alpha value is -10.4. The Morgan fingerprint density at radius 3 is 0.889 bits per heavy atom. The molecule has 426 valence electrons. The van der Waals surface area contributed by atoms with Crippen LogP contribution in [0.15, 0.2) is 267 Å². The van der Waals surface area contributed by atoms with E-state index < -0.39 is 0 Å². The molecule has 0 atom stereocenters. The van der Waals surface area contributed by atoms with Crippen LogP contribution in [0.3, 0.4) is 0 Å². The van der Waals surface area contributed by atoms with Gasteiger partial charge < -0.3 is 14.7 Å². The van der Waals surface area contributed by atoms with Gasteiger partial charge in [-0.1, -0.05) is 225 Å². The molecule has 0 fully saturated rings. The standard InChI is InChI=1S/C85H65B2N3/c1-52-38-40-74-62(42-52)66-44-60(89(55-30-18-10-19-31-55)56-32-20-11-21-33-56)46-68-64-48-72(84(2,3)4)71-51-77-79-65(49-73(85(5,6)7)70-50-76(86(74)82(66)68)78(64)80(71)81(70)79)69-47-61(90(57-34-22-12-23-35-57)58-36-24-13-25-37-58)45-67-63-43-59(39-41-75(63)87(77)83(67)69)88(53-26-14-8-15-27-53)54-28-16-9-17-29-54/h8-51H,1-7H3. The van der Waals surface area contributed by atoms with Gasteiger partial charge in [-0.15, -0.1) is 0 Å². The molecule has 4 heterocycles. The van der Waals surface area contributed by atoms with Crippen molar-refractivity contribution in [3.63, 3.8) is 0 Å². The third-order valence-electron chi connectivity index (χ3n) is 20.2. The number of hydrogen-bond acceptors (Lipinski definition) is 3. The molecule has 4 aliphatic rings. The predicted molar refractivity (Wildman–Crippen MR) is 387 cm³/mol. The van der Waals surface area contributed by atoms with Crippen molar-refractivity contribution in [3.05, 3.63) is 284 Å². The first kappa shape index (κ1) is 52.7. The van der Waals surface area contributed by atoms with Crippen LogP contribution in [0.25, 0.3) is 76.8 Å². The first-order chi connectivity index (χ1) is 43.9. The topological polar surface area (TPSA) is 9.72 Å². The summed E-state index contributed by atoms with van der Waals surface area (Å²) in [5.74, 6) is 0. The summed E-state index contributed by atoms with van der Waals surface area (Å²) in [6, 6.07) is 101. The quantitative estimate of drug-likeness (QED) is 0.105. The first-order valence-electron chi connectivity index (χ1n) is 32.1. The molecule has 0 unspecified atom stereocenters. The lowest BCUT2D eigenvalue weighted by Crippen LogP contribution is -2.53. The minimum absolute atomic E-state index is 0.0193. The van der Waals surface area contributed by atoms with Gasteiger partial charge in [0.2, 0.25) is 13.4 Å². The van der Waals surface area contributed by atoms with Crippen LogP contribution in [0.1, 0.15) is 58.2 Å². The molecule has 5 heteroatoms. The zero-order chi connectivity index (χ0) is 60.5. The first-order valence-corrected chi connectivity index (χ1v) is 32.1. The number of anilines is 9. The molecular formula is C85H65B2N3. The summed E-state index contributed by atoms with van der Waals surface area (Å²) in [4.78, 5) is 7.36. The smallest absolute Gasteiger partial charge is 0.244 e. The van der Waals surface area contributed by atoms with E-state index in [1.165, 1.54) is 126 Å². The maximum atomic E-state index is 2.70. The Labute approximate surface area is 528 Å². The van der Waals surface area contributed by atoms with Gasteiger partial charge in [0.15, 0.2) is 0 Å². The Balaban J connectivity index is 0.981. The number of aryl methyl sites for hydroxylation is 1. The summed E-state index contributed by atoms with van der Waals surface area (Å²) in [5.41, 5.74) is 32.8. The van der Waals surface area contributed by atoms with Crippen molar-refractivity contribution in [2.24, 2.45) is 0 Å². The minimum atomic E-state index is -0.217. The van der Waals surface area contributed by atoms with Gasteiger partial charge in [-0.25, -0.2) is 0 Å². The second-order valence-corrected chi connectivity index (χ2v) is 27.6. The van der Waals surface area contributed by atoms with Gasteiger partial charge >= 0.3 is 0 Å². The van der Waals surface area contributed by atoms with Crippen LogP contribution in [-0.4, -0.2) is 13.4 Å². The van der Waals surface area contributed by atoms with E-state index in [0.29, 0.717) is 0 Å². The highest BCUT2D eigenvalue weighted by atomic mass is 15.2. The number of hydrogen-bond donors (Lipinski definition) is 0. The minimum Gasteiger partial charge on any atom is -0.310 e. The van der Waals surface area contributed by atoms with Crippen molar-refractivity contribution in [1.29, 1.82) is 0 Å². The highest BCUT2D eigenvalue weighted by Gasteiger charge is 2.46. The molecule has 0 saturated heterocycles. The molecule has 14 aromatic carbocycles. The van der Waals surface area contributed by atoms with E-state index in [-0.39, 0.29) is 24.3 Å². The van der Waals surface area contributed by atoms with Crippen molar-refractivity contribution >= 4 is 130 Å². The normalized spacial score (nSPS) is 13.0. The van der Waals surface area contributed by atoms with E-state index in [4.69, 9.17) is 0 Å². The van der Waals surface area contributed by atoms with Crippen molar-refractivity contribution in [2.45, 2.75) is 59.3 Å². The van der Waals surface area contributed by atoms with Gasteiger partial charge in [0.1, 0.15) is 0 Å². The fourth-order valence-electron chi connectivity index (χ4n) is 16.5. The second-order valence-electron chi connectivity index (χ2n) is 27.6. The molecule has 0 saturated carbocycles. The van der Waals surface area contributed by atoms with Gasteiger partial charge in [0, 0.05) is 51.2 Å².